The summed E-state index contributed by atoms with van der Waals surface area (Å²) in [5.74, 6) is 0.961. The van der Waals surface area contributed by atoms with Gasteiger partial charge in [0.05, 0.1) is 24.9 Å². The molecular weight excluding hydrogens is 328 g/mol. The van der Waals surface area contributed by atoms with Crippen molar-refractivity contribution in [3.05, 3.63) is 24.2 Å². The van der Waals surface area contributed by atoms with Crippen LogP contribution in [0.2, 0.25) is 0 Å². The van der Waals surface area contributed by atoms with E-state index in [9.17, 15) is 5.11 Å². The van der Waals surface area contributed by atoms with Gasteiger partial charge in [-0.25, -0.2) is 0 Å². The predicted molar refractivity (Wildman–Crippen MR) is 87.7 cm³/mol. The van der Waals surface area contributed by atoms with Crippen LogP contribution < -0.4 is 0 Å². The summed E-state index contributed by atoms with van der Waals surface area (Å²) >= 11 is 1.48. The summed E-state index contributed by atoms with van der Waals surface area (Å²) in [5.41, 5.74) is -0.0920. The Morgan fingerprint density at radius 1 is 1.38 bits per heavy atom. The summed E-state index contributed by atoms with van der Waals surface area (Å²) in [4.78, 5) is 2.38. The molecule has 130 valence electrons. The molecule has 0 radical (unpaired) electrons. The SMILES string of the molecule is Cn1cnnc1Sc1ccc(CN2CCC3(CC2)CC(O)CO3)o1. The molecule has 0 bridgehead atoms. The lowest BCUT2D eigenvalue weighted by atomic mass is 9.88. The fourth-order valence-electron chi connectivity index (χ4n) is 3.46. The van der Waals surface area contributed by atoms with Gasteiger partial charge < -0.3 is 18.8 Å². The predicted octanol–water partition coefficient (Wildman–Crippen LogP) is 1.68. The zero-order chi connectivity index (χ0) is 16.6. The molecule has 0 aliphatic carbocycles. The zero-order valence-electron chi connectivity index (χ0n) is 13.7. The Labute approximate surface area is 145 Å². The molecule has 2 aliphatic heterocycles. The van der Waals surface area contributed by atoms with Gasteiger partial charge in [-0.05, 0) is 36.7 Å². The summed E-state index contributed by atoms with van der Waals surface area (Å²) < 4.78 is 13.6. The number of hydrogen-bond donors (Lipinski definition) is 1. The molecule has 7 nitrogen and oxygen atoms in total. The molecule has 2 saturated heterocycles. The molecule has 24 heavy (non-hydrogen) atoms. The van der Waals surface area contributed by atoms with Crippen LogP contribution in [0.25, 0.3) is 0 Å². The van der Waals surface area contributed by atoms with E-state index in [1.54, 1.807) is 6.33 Å². The number of aryl methyl sites for hydroxylation is 1. The Kier molecular flexibility index (Phi) is 4.38. The van der Waals surface area contributed by atoms with E-state index in [4.69, 9.17) is 9.15 Å². The minimum Gasteiger partial charge on any atom is -0.453 e. The van der Waals surface area contributed by atoms with Gasteiger partial charge in [-0.2, -0.15) is 0 Å². The second-order valence-electron chi connectivity index (χ2n) is 6.68. The van der Waals surface area contributed by atoms with Crippen LogP contribution in [0, 0.1) is 0 Å². The van der Waals surface area contributed by atoms with Crippen molar-refractivity contribution in [2.24, 2.45) is 7.05 Å². The third-order valence-corrected chi connectivity index (χ3v) is 5.81. The molecule has 0 aromatic carbocycles. The maximum absolute atomic E-state index is 9.71. The van der Waals surface area contributed by atoms with Crippen molar-refractivity contribution in [1.29, 1.82) is 0 Å². The van der Waals surface area contributed by atoms with Crippen molar-refractivity contribution in [1.82, 2.24) is 19.7 Å². The molecular formula is C16H22N4O3S. The van der Waals surface area contributed by atoms with E-state index in [-0.39, 0.29) is 11.7 Å². The first-order chi connectivity index (χ1) is 11.6. The molecule has 2 aromatic heterocycles. The Bertz CT molecular complexity index is 693. The highest BCUT2D eigenvalue weighted by atomic mass is 32.2. The first-order valence-electron chi connectivity index (χ1n) is 8.27. The first kappa shape index (κ1) is 16.1. The molecule has 2 aliphatic rings. The summed E-state index contributed by atoms with van der Waals surface area (Å²) in [7, 11) is 1.91. The molecule has 1 atom stereocenters. The van der Waals surface area contributed by atoms with Crippen LogP contribution in [0.4, 0.5) is 0 Å². The van der Waals surface area contributed by atoms with E-state index < -0.39 is 0 Å². The van der Waals surface area contributed by atoms with Crippen LogP contribution in [0.1, 0.15) is 25.0 Å². The van der Waals surface area contributed by atoms with Crippen molar-refractivity contribution in [2.45, 2.75) is 47.8 Å². The Hall–Kier alpha value is -1.35. The highest BCUT2D eigenvalue weighted by molar-refractivity contribution is 7.99. The molecule has 0 amide bonds. The largest absolute Gasteiger partial charge is 0.453 e. The average molecular weight is 350 g/mol. The van der Waals surface area contributed by atoms with E-state index in [1.165, 1.54) is 11.8 Å². The van der Waals surface area contributed by atoms with Crippen LogP contribution in [0.3, 0.4) is 0 Å². The van der Waals surface area contributed by atoms with Gasteiger partial charge in [0.2, 0.25) is 0 Å². The maximum Gasteiger partial charge on any atom is 0.198 e. The van der Waals surface area contributed by atoms with Gasteiger partial charge in [0.15, 0.2) is 10.2 Å². The van der Waals surface area contributed by atoms with Gasteiger partial charge in [-0.3, -0.25) is 4.90 Å². The minimum absolute atomic E-state index is 0.0920. The van der Waals surface area contributed by atoms with E-state index in [1.807, 2.05) is 23.7 Å². The number of ether oxygens (including phenoxy) is 1. The minimum atomic E-state index is -0.290. The summed E-state index contributed by atoms with van der Waals surface area (Å²) in [5, 5.41) is 19.3. The molecule has 2 fully saturated rings. The number of aliphatic hydroxyl groups excluding tert-OH is 1. The molecule has 0 saturated carbocycles. The number of likely N-dealkylation sites (tertiary alicyclic amines) is 1. The molecule has 1 N–H and O–H groups in total. The number of piperidine rings is 1. The number of aromatic nitrogens is 3. The monoisotopic (exact) mass is 350 g/mol. The van der Waals surface area contributed by atoms with Crippen molar-refractivity contribution in [3.63, 3.8) is 0 Å². The van der Waals surface area contributed by atoms with E-state index in [2.05, 4.69) is 15.1 Å². The van der Waals surface area contributed by atoms with Gasteiger partial charge in [-0.15, -0.1) is 10.2 Å². The van der Waals surface area contributed by atoms with E-state index in [0.29, 0.717) is 6.61 Å². The number of nitrogens with zero attached hydrogens (tertiary/aromatic N) is 4. The smallest absolute Gasteiger partial charge is 0.198 e. The van der Waals surface area contributed by atoms with Crippen LogP contribution in [0.5, 0.6) is 0 Å². The van der Waals surface area contributed by atoms with Crippen molar-refractivity contribution in [3.8, 4) is 0 Å². The zero-order valence-corrected chi connectivity index (χ0v) is 14.5. The van der Waals surface area contributed by atoms with E-state index >= 15 is 0 Å². The van der Waals surface area contributed by atoms with Gasteiger partial charge in [0.25, 0.3) is 0 Å². The van der Waals surface area contributed by atoms with Gasteiger partial charge in [0, 0.05) is 26.6 Å². The topological polar surface area (TPSA) is 76.6 Å². The summed E-state index contributed by atoms with van der Waals surface area (Å²) in [6, 6.07) is 4.01. The third-order valence-electron chi connectivity index (χ3n) is 4.84. The quantitative estimate of drug-likeness (QED) is 0.899. The van der Waals surface area contributed by atoms with Crippen molar-refractivity contribution >= 4 is 11.8 Å². The Morgan fingerprint density at radius 2 is 2.21 bits per heavy atom. The van der Waals surface area contributed by atoms with Crippen LogP contribution in [0.15, 0.2) is 33.1 Å². The average Bonchev–Trinajstić information content (AvgIpc) is 3.26. The van der Waals surface area contributed by atoms with Crippen LogP contribution in [-0.2, 0) is 18.3 Å². The Balaban J connectivity index is 1.31. The standard InChI is InChI=1S/C16H22N4O3S/c1-19-11-17-18-15(19)24-14-3-2-13(23-14)9-20-6-4-16(5-7-20)8-12(21)10-22-16/h2-3,11-12,21H,4-10H2,1H3. The molecule has 8 heteroatoms. The number of aliphatic hydroxyl groups is 1. The molecule has 1 spiro atoms. The molecule has 4 rings (SSSR count). The fourth-order valence-corrected chi connectivity index (χ4v) is 4.20. The van der Waals surface area contributed by atoms with Gasteiger partial charge in [0.1, 0.15) is 12.1 Å². The van der Waals surface area contributed by atoms with Crippen molar-refractivity contribution < 1.29 is 14.3 Å². The fraction of sp³-hybridized carbons (Fsp3) is 0.625. The van der Waals surface area contributed by atoms with Crippen molar-refractivity contribution in [2.75, 3.05) is 19.7 Å². The summed E-state index contributed by atoms with van der Waals surface area (Å²) in [6.07, 6.45) is 4.12. The second-order valence-corrected chi connectivity index (χ2v) is 7.65. The lowest BCUT2D eigenvalue weighted by molar-refractivity contribution is -0.0466. The second kappa shape index (κ2) is 6.51. The van der Waals surface area contributed by atoms with Gasteiger partial charge in [-0.1, -0.05) is 0 Å². The van der Waals surface area contributed by atoms with Crippen LogP contribution in [-0.4, -0.2) is 56.2 Å². The highest BCUT2D eigenvalue weighted by Crippen LogP contribution is 2.36. The van der Waals surface area contributed by atoms with E-state index in [0.717, 1.165) is 54.9 Å². The normalized spacial score (nSPS) is 24.0. The summed E-state index contributed by atoms with van der Waals surface area (Å²) in [6.45, 7) is 3.23. The lowest BCUT2D eigenvalue weighted by Gasteiger charge is -2.38. The molecule has 2 aromatic rings. The Morgan fingerprint density at radius 3 is 2.88 bits per heavy atom. The number of furan rings is 1. The molecule has 1 unspecified atom stereocenters. The van der Waals surface area contributed by atoms with Gasteiger partial charge >= 0.3 is 0 Å². The highest BCUT2D eigenvalue weighted by Gasteiger charge is 2.42. The third kappa shape index (κ3) is 3.37. The maximum atomic E-state index is 9.71. The van der Waals surface area contributed by atoms with Crippen LogP contribution >= 0.6 is 11.8 Å². The molecule has 4 heterocycles. The lowest BCUT2D eigenvalue weighted by Crippen LogP contribution is -2.43. The number of rotatable bonds is 4. The number of hydrogen-bond acceptors (Lipinski definition) is 7. The first-order valence-corrected chi connectivity index (χ1v) is 9.08.